The van der Waals surface area contributed by atoms with Crippen LogP contribution in [0.5, 0.6) is 0 Å². The van der Waals surface area contributed by atoms with Crippen molar-refractivity contribution in [3.63, 3.8) is 0 Å². The average Bonchev–Trinajstić information content (AvgIpc) is 2.51. The van der Waals surface area contributed by atoms with E-state index in [0.29, 0.717) is 5.92 Å². The molecule has 4 nitrogen and oxygen atoms in total. The van der Waals surface area contributed by atoms with Gasteiger partial charge in [0.2, 0.25) is 5.91 Å². The van der Waals surface area contributed by atoms with Gasteiger partial charge in [-0.15, -0.1) is 0 Å². The number of amides is 1. The SMILES string of the molecule is NC1C2CCCOC2C1NC(=O)C=Cc1ccccc1. The minimum absolute atomic E-state index is 0.0226. The number of fused-ring (bicyclic) bond motifs is 1. The van der Waals surface area contributed by atoms with Crippen LogP contribution < -0.4 is 11.1 Å². The van der Waals surface area contributed by atoms with E-state index in [1.165, 1.54) is 0 Å². The molecule has 1 saturated carbocycles. The first-order chi connectivity index (χ1) is 9.75. The molecule has 1 heterocycles. The van der Waals surface area contributed by atoms with Crippen molar-refractivity contribution in [2.75, 3.05) is 6.61 Å². The molecule has 0 aromatic heterocycles. The highest BCUT2D eigenvalue weighted by molar-refractivity contribution is 5.92. The van der Waals surface area contributed by atoms with Crippen LogP contribution in [-0.2, 0) is 9.53 Å². The summed E-state index contributed by atoms with van der Waals surface area (Å²) in [4.78, 5) is 11.9. The average molecular weight is 272 g/mol. The van der Waals surface area contributed by atoms with Crippen molar-refractivity contribution in [3.8, 4) is 0 Å². The van der Waals surface area contributed by atoms with Crippen LogP contribution >= 0.6 is 0 Å². The van der Waals surface area contributed by atoms with Crippen molar-refractivity contribution < 1.29 is 9.53 Å². The van der Waals surface area contributed by atoms with Crippen LogP contribution in [0.4, 0.5) is 0 Å². The van der Waals surface area contributed by atoms with Gasteiger partial charge in [-0.3, -0.25) is 4.79 Å². The van der Waals surface area contributed by atoms with Gasteiger partial charge in [0.1, 0.15) is 0 Å². The Morgan fingerprint density at radius 1 is 1.35 bits per heavy atom. The second-order valence-electron chi connectivity index (χ2n) is 5.50. The Morgan fingerprint density at radius 2 is 2.15 bits per heavy atom. The van der Waals surface area contributed by atoms with Crippen LogP contribution in [0.2, 0.25) is 0 Å². The summed E-state index contributed by atoms with van der Waals surface area (Å²) in [6.45, 7) is 0.778. The zero-order chi connectivity index (χ0) is 13.9. The van der Waals surface area contributed by atoms with Gasteiger partial charge >= 0.3 is 0 Å². The maximum atomic E-state index is 11.9. The topological polar surface area (TPSA) is 64.3 Å². The fourth-order valence-corrected chi connectivity index (χ4v) is 3.07. The minimum atomic E-state index is -0.109. The summed E-state index contributed by atoms with van der Waals surface area (Å²) < 4.78 is 5.70. The molecular formula is C16H20N2O2. The van der Waals surface area contributed by atoms with E-state index in [-0.39, 0.29) is 24.1 Å². The molecule has 1 amide bonds. The van der Waals surface area contributed by atoms with Gasteiger partial charge in [0.25, 0.3) is 0 Å². The van der Waals surface area contributed by atoms with Gasteiger partial charge in [-0.05, 0) is 24.5 Å². The lowest BCUT2D eigenvalue weighted by Crippen LogP contribution is -2.71. The highest BCUT2D eigenvalue weighted by Gasteiger charge is 2.50. The van der Waals surface area contributed by atoms with Gasteiger partial charge in [0.05, 0.1) is 12.1 Å². The summed E-state index contributed by atoms with van der Waals surface area (Å²) in [6, 6.07) is 9.73. The molecule has 1 aliphatic heterocycles. The van der Waals surface area contributed by atoms with Crippen molar-refractivity contribution in [3.05, 3.63) is 42.0 Å². The van der Waals surface area contributed by atoms with Gasteiger partial charge in [0, 0.05) is 24.6 Å². The van der Waals surface area contributed by atoms with Crippen LogP contribution in [0.1, 0.15) is 18.4 Å². The fraction of sp³-hybridized carbons (Fsp3) is 0.438. The largest absolute Gasteiger partial charge is 0.376 e. The van der Waals surface area contributed by atoms with E-state index in [0.717, 1.165) is 25.0 Å². The number of benzene rings is 1. The monoisotopic (exact) mass is 272 g/mol. The zero-order valence-corrected chi connectivity index (χ0v) is 11.4. The van der Waals surface area contributed by atoms with Gasteiger partial charge in [-0.25, -0.2) is 0 Å². The lowest BCUT2D eigenvalue weighted by molar-refractivity contribution is -0.136. The lowest BCUT2D eigenvalue weighted by atomic mass is 9.68. The van der Waals surface area contributed by atoms with Crippen LogP contribution in [-0.4, -0.2) is 30.7 Å². The summed E-state index contributed by atoms with van der Waals surface area (Å²) in [5.41, 5.74) is 7.12. The van der Waals surface area contributed by atoms with Gasteiger partial charge in [-0.2, -0.15) is 0 Å². The quantitative estimate of drug-likeness (QED) is 0.816. The number of carbonyl (C=O) groups is 1. The zero-order valence-electron chi connectivity index (χ0n) is 11.4. The number of nitrogens with one attached hydrogen (secondary N) is 1. The summed E-state index contributed by atoms with van der Waals surface area (Å²) in [7, 11) is 0. The molecule has 2 aliphatic rings. The molecule has 4 unspecified atom stereocenters. The lowest BCUT2D eigenvalue weighted by Gasteiger charge is -2.52. The number of carbonyl (C=O) groups excluding carboxylic acids is 1. The van der Waals surface area contributed by atoms with Crippen molar-refractivity contribution in [1.82, 2.24) is 5.32 Å². The van der Waals surface area contributed by atoms with Gasteiger partial charge in [-0.1, -0.05) is 30.3 Å². The minimum Gasteiger partial charge on any atom is -0.376 e. The van der Waals surface area contributed by atoms with E-state index in [1.54, 1.807) is 12.2 Å². The normalized spacial score (nSPS) is 32.5. The van der Waals surface area contributed by atoms with E-state index >= 15 is 0 Å². The molecule has 3 rings (SSSR count). The molecule has 20 heavy (non-hydrogen) atoms. The molecule has 0 spiro atoms. The van der Waals surface area contributed by atoms with E-state index in [1.807, 2.05) is 30.3 Å². The highest BCUT2D eigenvalue weighted by Crippen LogP contribution is 2.36. The second-order valence-corrected chi connectivity index (χ2v) is 5.50. The highest BCUT2D eigenvalue weighted by atomic mass is 16.5. The van der Waals surface area contributed by atoms with Gasteiger partial charge in [0.15, 0.2) is 0 Å². The fourth-order valence-electron chi connectivity index (χ4n) is 3.07. The number of ether oxygens (including phenoxy) is 1. The van der Waals surface area contributed by atoms with Crippen molar-refractivity contribution >= 4 is 12.0 Å². The Morgan fingerprint density at radius 3 is 2.95 bits per heavy atom. The van der Waals surface area contributed by atoms with Crippen molar-refractivity contribution in [2.24, 2.45) is 11.7 Å². The van der Waals surface area contributed by atoms with Crippen LogP contribution in [0, 0.1) is 5.92 Å². The Bertz CT molecular complexity index is 500. The number of nitrogens with two attached hydrogens (primary N) is 1. The predicted molar refractivity (Wildman–Crippen MR) is 77.8 cm³/mol. The Kier molecular flexibility index (Phi) is 3.85. The van der Waals surface area contributed by atoms with E-state index in [9.17, 15) is 4.79 Å². The molecule has 1 aliphatic carbocycles. The van der Waals surface area contributed by atoms with E-state index in [2.05, 4.69) is 5.32 Å². The van der Waals surface area contributed by atoms with Crippen LogP contribution in [0.25, 0.3) is 6.08 Å². The first-order valence-corrected chi connectivity index (χ1v) is 7.16. The predicted octanol–water partition coefficient (Wildman–Crippen LogP) is 1.32. The molecule has 4 atom stereocenters. The maximum Gasteiger partial charge on any atom is 0.244 e. The molecule has 0 bridgehead atoms. The number of hydrogen-bond acceptors (Lipinski definition) is 3. The molecule has 106 valence electrons. The Balaban J connectivity index is 1.55. The summed E-state index contributed by atoms with van der Waals surface area (Å²) in [5.74, 6) is 0.300. The van der Waals surface area contributed by atoms with Gasteiger partial charge < -0.3 is 15.8 Å². The summed E-state index contributed by atoms with van der Waals surface area (Å²) in [6.07, 6.45) is 5.64. The molecule has 3 N–H and O–H groups in total. The molecule has 4 heteroatoms. The molecule has 0 radical (unpaired) electrons. The molecule has 1 saturated heterocycles. The summed E-state index contributed by atoms with van der Waals surface area (Å²) >= 11 is 0. The number of rotatable bonds is 3. The van der Waals surface area contributed by atoms with Crippen LogP contribution in [0.15, 0.2) is 36.4 Å². The maximum absolute atomic E-state index is 11.9. The number of hydrogen-bond donors (Lipinski definition) is 2. The standard InChI is InChI=1S/C16H20N2O2/c17-14-12-7-4-10-20-16(12)15(14)18-13(19)9-8-11-5-2-1-3-6-11/h1-3,5-6,8-9,12,14-16H,4,7,10,17H2,(H,18,19). The molecular weight excluding hydrogens is 252 g/mol. The smallest absolute Gasteiger partial charge is 0.244 e. The third-order valence-electron chi connectivity index (χ3n) is 4.21. The Hall–Kier alpha value is -1.65. The van der Waals surface area contributed by atoms with E-state index in [4.69, 9.17) is 10.5 Å². The third-order valence-corrected chi connectivity index (χ3v) is 4.21. The van der Waals surface area contributed by atoms with Crippen molar-refractivity contribution in [2.45, 2.75) is 31.0 Å². The second kappa shape index (κ2) is 5.77. The first-order valence-electron chi connectivity index (χ1n) is 7.16. The van der Waals surface area contributed by atoms with Crippen LogP contribution in [0.3, 0.4) is 0 Å². The van der Waals surface area contributed by atoms with E-state index < -0.39 is 0 Å². The molecule has 1 aromatic carbocycles. The first kappa shape index (κ1) is 13.3. The Labute approximate surface area is 119 Å². The van der Waals surface area contributed by atoms with Crippen molar-refractivity contribution in [1.29, 1.82) is 0 Å². The third kappa shape index (κ3) is 2.62. The molecule has 2 fully saturated rings. The summed E-state index contributed by atoms with van der Waals surface area (Å²) in [5, 5.41) is 2.96. The molecule has 1 aromatic rings.